The first kappa shape index (κ1) is 18.3. The van der Waals surface area contributed by atoms with E-state index in [9.17, 15) is 4.79 Å². The molecule has 0 saturated carbocycles. The number of methoxy groups -OCH3 is 3. The van der Waals surface area contributed by atoms with E-state index in [4.69, 9.17) is 14.2 Å². The Morgan fingerprint density at radius 3 is 2.26 bits per heavy atom. The van der Waals surface area contributed by atoms with Crippen molar-refractivity contribution in [2.45, 2.75) is 0 Å². The van der Waals surface area contributed by atoms with Gasteiger partial charge in [0.25, 0.3) is 5.91 Å². The molecular weight excluding hydrogens is 344 g/mol. The topological polar surface area (TPSA) is 69.2 Å². The molecule has 0 aromatic heterocycles. The lowest BCUT2D eigenvalue weighted by Gasteiger charge is -2.09. The van der Waals surface area contributed by atoms with E-state index >= 15 is 0 Å². The average molecular weight is 364 g/mol. The first-order valence-corrected chi connectivity index (χ1v) is 8.28. The van der Waals surface area contributed by atoms with Gasteiger partial charge in [-0.3, -0.25) is 4.79 Å². The number of fused-ring (bicyclic) bond motifs is 1. The van der Waals surface area contributed by atoms with Gasteiger partial charge in [0.1, 0.15) is 17.2 Å². The van der Waals surface area contributed by atoms with Crippen LogP contribution in [0.25, 0.3) is 10.8 Å². The van der Waals surface area contributed by atoms with Crippen LogP contribution < -0.4 is 19.6 Å². The van der Waals surface area contributed by atoms with Crippen LogP contribution >= 0.6 is 0 Å². The van der Waals surface area contributed by atoms with Gasteiger partial charge < -0.3 is 14.2 Å². The molecule has 0 aliphatic rings. The highest BCUT2D eigenvalue weighted by atomic mass is 16.5. The van der Waals surface area contributed by atoms with Gasteiger partial charge in [-0.25, -0.2) is 5.43 Å². The second kappa shape index (κ2) is 8.23. The fourth-order valence-electron chi connectivity index (χ4n) is 2.71. The van der Waals surface area contributed by atoms with Gasteiger partial charge in [-0.05, 0) is 35.0 Å². The van der Waals surface area contributed by atoms with E-state index in [1.165, 1.54) is 13.3 Å². The maximum absolute atomic E-state index is 12.6. The molecule has 0 aliphatic heterocycles. The van der Waals surface area contributed by atoms with Crippen molar-refractivity contribution in [3.8, 4) is 17.2 Å². The van der Waals surface area contributed by atoms with Gasteiger partial charge >= 0.3 is 0 Å². The maximum Gasteiger partial charge on any atom is 0.275 e. The zero-order valence-corrected chi connectivity index (χ0v) is 15.4. The predicted octanol–water partition coefficient (Wildman–Crippen LogP) is 3.63. The number of hydrogen-bond donors (Lipinski definition) is 1. The minimum atomic E-state index is -0.360. The third-order valence-electron chi connectivity index (χ3n) is 4.12. The van der Waals surface area contributed by atoms with E-state index in [1.807, 2.05) is 30.3 Å². The number of amides is 1. The number of carbonyl (C=O) groups excluding carboxylic acids is 1. The highest BCUT2D eigenvalue weighted by Gasteiger charge is 2.13. The maximum atomic E-state index is 12.6. The van der Waals surface area contributed by atoms with Crippen molar-refractivity contribution in [3.63, 3.8) is 0 Å². The fraction of sp³-hybridized carbons (Fsp3) is 0.143. The van der Waals surface area contributed by atoms with Crippen molar-refractivity contribution >= 4 is 22.9 Å². The van der Waals surface area contributed by atoms with Crippen molar-refractivity contribution in [2.24, 2.45) is 5.10 Å². The molecular formula is C21H20N2O4. The first-order valence-electron chi connectivity index (χ1n) is 8.28. The fourth-order valence-corrected chi connectivity index (χ4v) is 2.71. The molecule has 3 aromatic carbocycles. The zero-order valence-electron chi connectivity index (χ0n) is 15.4. The second-order valence-corrected chi connectivity index (χ2v) is 5.71. The van der Waals surface area contributed by atoms with Crippen molar-refractivity contribution in [2.75, 3.05) is 21.3 Å². The van der Waals surface area contributed by atoms with Crippen molar-refractivity contribution in [1.29, 1.82) is 0 Å². The van der Waals surface area contributed by atoms with Gasteiger partial charge in [0.05, 0.1) is 33.1 Å². The van der Waals surface area contributed by atoms with Crippen LogP contribution in [0.5, 0.6) is 17.2 Å². The van der Waals surface area contributed by atoms with E-state index in [2.05, 4.69) is 10.5 Å². The van der Waals surface area contributed by atoms with Gasteiger partial charge in [0, 0.05) is 11.6 Å². The summed E-state index contributed by atoms with van der Waals surface area (Å²) >= 11 is 0. The number of hydrazone groups is 1. The highest BCUT2D eigenvalue weighted by molar-refractivity contribution is 6.02. The largest absolute Gasteiger partial charge is 0.497 e. The Labute approximate surface area is 157 Å². The standard InChI is InChI=1S/C21H20N2O4/c1-25-17-9-8-16(19(12-17)26-2)13-22-23-21(24)18-10-14-6-4-5-7-15(14)11-20(18)27-3/h4-13H,1-3H3,(H,23,24). The van der Waals surface area contributed by atoms with Crippen LogP contribution in [-0.2, 0) is 0 Å². The predicted molar refractivity (Wildman–Crippen MR) is 105 cm³/mol. The van der Waals surface area contributed by atoms with Gasteiger partial charge in [0.2, 0.25) is 0 Å². The normalized spacial score (nSPS) is 10.8. The third-order valence-corrected chi connectivity index (χ3v) is 4.12. The van der Waals surface area contributed by atoms with E-state index < -0.39 is 0 Å². The van der Waals surface area contributed by atoms with Gasteiger partial charge in [-0.1, -0.05) is 24.3 Å². The van der Waals surface area contributed by atoms with E-state index in [1.54, 1.807) is 38.5 Å². The number of nitrogens with one attached hydrogen (secondary N) is 1. The Bertz CT molecular complexity index is 999. The highest BCUT2D eigenvalue weighted by Crippen LogP contribution is 2.26. The van der Waals surface area contributed by atoms with Crippen LogP contribution in [0.15, 0.2) is 59.7 Å². The molecule has 6 nitrogen and oxygen atoms in total. The van der Waals surface area contributed by atoms with Gasteiger partial charge in [0.15, 0.2) is 0 Å². The molecule has 0 bridgehead atoms. The van der Waals surface area contributed by atoms with Crippen LogP contribution in [0.3, 0.4) is 0 Å². The minimum absolute atomic E-state index is 0.360. The van der Waals surface area contributed by atoms with Gasteiger partial charge in [-0.2, -0.15) is 5.10 Å². The Morgan fingerprint density at radius 2 is 1.59 bits per heavy atom. The number of ether oxygens (including phenoxy) is 3. The molecule has 0 aliphatic carbocycles. The Morgan fingerprint density at radius 1 is 0.889 bits per heavy atom. The summed E-state index contributed by atoms with van der Waals surface area (Å²) in [4.78, 5) is 12.6. The summed E-state index contributed by atoms with van der Waals surface area (Å²) in [6.07, 6.45) is 1.52. The lowest BCUT2D eigenvalue weighted by molar-refractivity contribution is 0.0952. The van der Waals surface area contributed by atoms with Crippen molar-refractivity contribution in [1.82, 2.24) is 5.43 Å². The summed E-state index contributed by atoms with van der Waals surface area (Å²) in [6, 6.07) is 16.7. The van der Waals surface area contributed by atoms with Gasteiger partial charge in [-0.15, -0.1) is 0 Å². The SMILES string of the molecule is COc1ccc(C=NNC(=O)c2cc3ccccc3cc2OC)c(OC)c1. The quantitative estimate of drug-likeness (QED) is 0.536. The van der Waals surface area contributed by atoms with Crippen LogP contribution in [0, 0.1) is 0 Å². The number of hydrogen-bond acceptors (Lipinski definition) is 5. The van der Waals surface area contributed by atoms with E-state index in [0.29, 0.717) is 28.4 Å². The second-order valence-electron chi connectivity index (χ2n) is 5.71. The van der Waals surface area contributed by atoms with Crippen molar-refractivity contribution in [3.05, 3.63) is 65.7 Å². The number of rotatable bonds is 6. The smallest absolute Gasteiger partial charge is 0.275 e. The zero-order chi connectivity index (χ0) is 19.2. The Hall–Kier alpha value is -3.54. The van der Waals surface area contributed by atoms with Crippen LogP contribution in [0.2, 0.25) is 0 Å². The van der Waals surface area contributed by atoms with Crippen LogP contribution in [-0.4, -0.2) is 33.5 Å². The number of nitrogens with zero attached hydrogens (tertiary/aromatic N) is 1. The molecule has 3 aromatic rings. The Kier molecular flexibility index (Phi) is 5.56. The molecule has 0 spiro atoms. The molecule has 0 heterocycles. The third kappa shape index (κ3) is 4.00. The summed E-state index contributed by atoms with van der Waals surface area (Å²) in [7, 11) is 4.68. The lowest BCUT2D eigenvalue weighted by atomic mass is 10.1. The monoisotopic (exact) mass is 364 g/mol. The molecule has 0 atom stereocenters. The molecule has 0 radical (unpaired) electrons. The molecule has 1 N–H and O–H groups in total. The number of benzene rings is 3. The summed E-state index contributed by atoms with van der Waals surface area (Å²) in [6.45, 7) is 0. The van der Waals surface area contributed by atoms with E-state index in [0.717, 1.165) is 10.8 Å². The molecule has 27 heavy (non-hydrogen) atoms. The summed E-state index contributed by atoms with van der Waals surface area (Å²) in [5.41, 5.74) is 3.65. The molecule has 0 fully saturated rings. The minimum Gasteiger partial charge on any atom is -0.497 e. The average Bonchev–Trinajstić information content (AvgIpc) is 2.72. The molecule has 138 valence electrons. The summed E-state index contributed by atoms with van der Waals surface area (Å²) in [5, 5.41) is 5.98. The van der Waals surface area contributed by atoms with Crippen LogP contribution in [0.1, 0.15) is 15.9 Å². The lowest BCUT2D eigenvalue weighted by Crippen LogP contribution is -2.18. The van der Waals surface area contributed by atoms with Crippen molar-refractivity contribution < 1.29 is 19.0 Å². The number of carbonyl (C=O) groups is 1. The summed E-state index contributed by atoms with van der Waals surface area (Å²) < 4.78 is 15.8. The molecule has 0 saturated heterocycles. The van der Waals surface area contributed by atoms with E-state index in [-0.39, 0.29) is 5.91 Å². The summed E-state index contributed by atoms with van der Waals surface area (Å²) in [5.74, 6) is 1.40. The first-order chi connectivity index (χ1) is 13.2. The molecule has 0 unspecified atom stereocenters. The molecule has 1 amide bonds. The Balaban J connectivity index is 1.82. The van der Waals surface area contributed by atoms with Crippen LogP contribution in [0.4, 0.5) is 0 Å². The molecule has 3 rings (SSSR count). The molecule has 6 heteroatoms.